The summed E-state index contributed by atoms with van der Waals surface area (Å²) in [5, 5.41) is 12.6. The van der Waals surface area contributed by atoms with Crippen LogP contribution in [0, 0.1) is 0 Å². The van der Waals surface area contributed by atoms with Crippen LogP contribution in [0.2, 0.25) is 5.02 Å². The second-order valence-corrected chi connectivity index (χ2v) is 5.31. The minimum atomic E-state index is -1.12. The van der Waals surface area contributed by atoms with Gasteiger partial charge in [0.2, 0.25) is 0 Å². The molecule has 1 unspecified atom stereocenters. The van der Waals surface area contributed by atoms with Crippen LogP contribution in [0.3, 0.4) is 0 Å². The highest BCUT2D eigenvalue weighted by Gasteiger charge is 2.33. The van der Waals surface area contributed by atoms with Crippen molar-refractivity contribution in [2.75, 3.05) is 0 Å². The molecule has 0 amide bonds. The second kappa shape index (κ2) is 4.97. The van der Waals surface area contributed by atoms with Gasteiger partial charge in [-0.15, -0.1) is 0 Å². The molecule has 0 radical (unpaired) electrons. The van der Waals surface area contributed by atoms with E-state index in [4.69, 9.17) is 16.0 Å². The molecule has 20 heavy (non-hydrogen) atoms. The van der Waals surface area contributed by atoms with Gasteiger partial charge in [0.05, 0.1) is 0 Å². The molecule has 0 fully saturated rings. The lowest BCUT2D eigenvalue weighted by Gasteiger charge is -2.24. The molecule has 0 saturated carbocycles. The summed E-state index contributed by atoms with van der Waals surface area (Å²) in [6.07, 6.45) is 0.532. The van der Waals surface area contributed by atoms with Gasteiger partial charge in [0.25, 0.3) is 0 Å². The monoisotopic (exact) mass is 286 g/mol. The standard InChI is InChI=1S/C17H15ClO2/c1-2-17(19,13-6-4-3-5-7-13)16-11-12-10-14(18)8-9-15(12)20-16/h3-11,19H,2H2,1H3. The molecule has 1 aromatic heterocycles. The van der Waals surface area contributed by atoms with E-state index in [-0.39, 0.29) is 0 Å². The Balaban J connectivity index is 2.16. The fourth-order valence-electron chi connectivity index (χ4n) is 2.45. The van der Waals surface area contributed by atoms with Crippen LogP contribution >= 0.6 is 11.6 Å². The molecule has 1 heterocycles. The van der Waals surface area contributed by atoms with Gasteiger partial charge in [0.15, 0.2) is 0 Å². The van der Waals surface area contributed by atoms with Crippen molar-refractivity contribution in [3.63, 3.8) is 0 Å². The molecule has 102 valence electrons. The average molecular weight is 287 g/mol. The zero-order valence-electron chi connectivity index (χ0n) is 11.1. The van der Waals surface area contributed by atoms with Gasteiger partial charge in [-0.05, 0) is 36.2 Å². The van der Waals surface area contributed by atoms with Crippen LogP contribution in [0.4, 0.5) is 0 Å². The van der Waals surface area contributed by atoms with E-state index in [0.717, 1.165) is 16.5 Å². The first-order valence-electron chi connectivity index (χ1n) is 6.61. The Hall–Kier alpha value is -1.77. The number of fused-ring (bicyclic) bond motifs is 1. The lowest BCUT2D eigenvalue weighted by molar-refractivity contribution is 0.0544. The number of benzene rings is 2. The van der Waals surface area contributed by atoms with Gasteiger partial charge >= 0.3 is 0 Å². The minimum Gasteiger partial charge on any atom is -0.458 e. The maximum atomic E-state index is 11.0. The maximum Gasteiger partial charge on any atom is 0.147 e. The summed E-state index contributed by atoms with van der Waals surface area (Å²) in [7, 11) is 0. The molecule has 0 spiro atoms. The van der Waals surface area contributed by atoms with Gasteiger partial charge in [-0.1, -0.05) is 48.9 Å². The third kappa shape index (κ3) is 2.11. The molecule has 0 aliphatic heterocycles. The number of hydrogen-bond acceptors (Lipinski definition) is 2. The number of hydrogen-bond donors (Lipinski definition) is 1. The van der Waals surface area contributed by atoms with E-state index in [0.29, 0.717) is 17.2 Å². The Morgan fingerprint density at radius 3 is 2.55 bits per heavy atom. The van der Waals surface area contributed by atoms with Gasteiger partial charge in [0.1, 0.15) is 16.9 Å². The molecular weight excluding hydrogens is 272 g/mol. The highest BCUT2D eigenvalue weighted by atomic mass is 35.5. The second-order valence-electron chi connectivity index (χ2n) is 4.87. The van der Waals surface area contributed by atoms with Crippen LogP contribution in [-0.2, 0) is 5.60 Å². The van der Waals surface area contributed by atoms with Crippen molar-refractivity contribution in [3.05, 3.63) is 70.9 Å². The highest BCUT2D eigenvalue weighted by molar-refractivity contribution is 6.31. The predicted molar refractivity (Wildman–Crippen MR) is 81.0 cm³/mol. The first kappa shape index (κ1) is 13.2. The van der Waals surface area contributed by atoms with Crippen molar-refractivity contribution in [1.82, 2.24) is 0 Å². The molecule has 2 nitrogen and oxygen atoms in total. The zero-order valence-corrected chi connectivity index (χ0v) is 11.9. The van der Waals surface area contributed by atoms with E-state index in [1.165, 1.54) is 0 Å². The fourth-order valence-corrected chi connectivity index (χ4v) is 2.63. The molecular formula is C17H15ClO2. The number of halogens is 1. The van der Waals surface area contributed by atoms with Crippen LogP contribution in [-0.4, -0.2) is 5.11 Å². The van der Waals surface area contributed by atoms with Crippen molar-refractivity contribution in [2.24, 2.45) is 0 Å². The lowest BCUT2D eigenvalue weighted by atomic mass is 9.88. The average Bonchev–Trinajstić information content (AvgIpc) is 2.90. The smallest absolute Gasteiger partial charge is 0.147 e. The summed E-state index contributed by atoms with van der Waals surface area (Å²) in [6.45, 7) is 1.94. The van der Waals surface area contributed by atoms with E-state index in [1.807, 2.05) is 55.5 Å². The van der Waals surface area contributed by atoms with E-state index in [2.05, 4.69) is 0 Å². The summed E-state index contributed by atoms with van der Waals surface area (Å²) in [5.41, 5.74) is 0.437. The lowest BCUT2D eigenvalue weighted by Crippen LogP contribution is -2.25. The van der Waals surface area contributed by atoms with Gasteiger partial charge in [0, 0.05) is 10.4 Å². The largest absolute Gasteiger partial charge is 0.458 e. The van der Waals surface area contributed by atoms with Crippen molar-refractivity contribution in [1.29, 1.82) is 0 Å². The molecule has 0 bridgehead atoms. The SMILES string of the molecule is CCC(O)(c1ccccc1)c1cc2cc(Cl)ccc2o1. The number of aliphatic hydroxyl groups is 1. The number of rotatable bonds is 3. The highest BCUT2D eigenvalue weighted by Crippen LogP contribution is 2.36. The molecule has 0 aliphatic carbocycles. The van der Waals surface area contributed by atoms with E-state index >= 15 is 0 Å². The van der Waals surface area contributed by atoms with Gasteiger partial charge in [-0.2, -0.15) is 0 Å². The summed E-state index contributed by atoms with van der Waals surface area (Å²) in [5.74, 6) is 0.545. The van der Waals surface area contributed by atoms with Gasteiger partial charge in [-0.3, -0.25) is 0 Å². The molecule has 1 atom stereocenters. The first-order chi connectivity index (χ1) is 9.63. The van der Waals surface area contributed by atoms with Crippen LogP contribution in [0.5, 0.6) is 0 Å². The summed E-state index contributed by atoms with van der Waals surface area (Å²) in [4.78, 5) is 0. The molecule has 3 heteroatoms. The molecule has 0 aliphatic rings. The molecule has 0 saturated heterocycles. The summed E-state index contributed by atoms with van der Waals surface area (Å²) in [6, 6.07) is 16.9. The fraction of sp³-hybridized carbons (Fsp3) is 0.176. The minimum absolute atomic E-state index is 0.532. The third-order valence-corrected chi connectivity index (χ3v) is 3.88. The Labute approximate surface area is 122 Å². The normalized spacial score (nSPS) is 14.3. The molecule has 1 N–H and O–H groups in total. The molecule has 3 aromatic rings. The summed E-state index contributed by atoms with van der Waals surface area (Å²) >= 11 is 5.99. The predicted octanol–water partition coefficient (Wildman–Crippen LogP) is 4.73. The Morgan fingerprint density at radius 2 is 1.85 bits per heavy atom. The van der Waals surface area contributed by atoms with E-state index in [9.17, 15) is 5.11 Å². The Morgan fingerprint density at radius 1 is 1.10 bits per heavy atom. The Kier molecular flexibility index (Phi) is 3.28. The number of furan rings is 1. The van der Waals surface area contributed by atoms with Crippen molar-refractivity contribution >= 4 is 22.6 Å². The quantitative estimate of drug-likeness (QED) is 0.755. The third-order valence-electron chi connectivity index (χ3n) is 3.65. The van der Waals surface area contributed by atoms with Crippen LogP contribution in [0.25, 0.3) is 11.0 Å². The van der Waals surface area contributed by atoms with Crippen LogP contribution < -0.4 is 0 Å². The Bertz CT molecular complexity index is 733. The van der Waals surface area contributed by atoms with Gasteiger partial charge < -0.3 is 9.52 Å². The topological polar surface area (TPSA) is 33.4 Å². The van der Waals surface area contributed by atoms with Crippen molar-refractivity contribution in [3.8, 4) is 0 Å². The van der Waals surface area contributed by atoms with Crippen LogP contribution in [0.1, 0.15) is 24.7 Å². The van der Waals surface area contributed by atoms with E-state index < -0.39 is 5.60 Å². The summed E-state index contributed by atoms with van der Waals surface area (Å²) < 4.78 is 5.82. The van der Waals surface area contributed by atoms with E-state index in [1.54, 1.807) is 6.07 Å². The zero-order chi connectivity index (χ0) is 14.2. The van der Waals surface area contributed by atoms with Crippen molar-refractivity contribution < 1.29 is 9.52 Å². The van der Waals surface area contributed by atoms with Gasteiger partial charge in [-0.25, -0.2) is 0 Å². The first-order valence-corrected chi connectivity index (χ1v) is 6.99. The van der Waals surface area contributed by atoms with Crippen molar-refractivity contribution in [2.45, 2.75) is 18.9 Å². The van der Waals surface area contributed by atoms with Crippen LogP contribution in [0.15, 0.2) is 59.0 Å². The molecule has 2 aromatic carbocycles. The molecule has 3 rings (SSSR count). The maximum absolute atomic E-state index is 11.0.